The number of alkyl halides is 6. The third kappa shape index (κ3) is 2.68. The predicted octanol–water partition coefficient (Wildman–Crippen LogP) is 3.72. The second-order valence-electron chi connectivity index (χ2n) is 2.83. The van der Waals surface area contributed by atoms with Gasteiger partial charge in [-0.05, 0) is 0 Å². The van der Waals surface area contributed by atoms with Gasteiger partial charge in [-0.3, -0.25) is 4.79 Å². The lowest BCUT2D eigenvalue weighted by Crippen LogP contribution is -2.23. The van der Waals surface area contributed by atoms with Crippen LogP contribution in [0.25, 0.3) is 0 Å². The average Bonchev–Trinajstić information content (AvgIpc) is 2.07. The fourth-order valence-electron chi connectivity index (χ4n) is 1.00. The molecule has 1 aromatic rings. The summed E-state index contributed by atoms with van der Waals surface area (Å²) < 4.78 is 73.9. The predicted molar refractivity (Wildman–Crippen MR) is 47.1 cm³/mol. The molecule has 0 aliphatic carbocycles. The third-order valence-corrected chi connectivity index (χ3v) is 2.40. The van der Waals surface area contributed by atoms with Crippen LogP contribution >= 0.6 is 23.2 Å². The van der Waals surface area contributed by atoms with Crippen LogP contribution in [0.15, 0.2) is 4.79 Å². The normalized spacial score (nSPS) is 12.9. The summed E-state index contributed by atoms with van der Waals surface area (Å²) in [5.74, 6) is 0. The Balaban J connectivity index is 3.74. The maximum absolute atomic E-state index is 12.4. The van der Waals surface area contributed by atoms with Crippen LogP contribution < -0.4 is 5.56 Å². The van der Waals surface area contributed by atoms with Crippen LogP contribution in [0.2, 0.25) is 10.0 Å². The second kappa shape index (κ2) is 4.09. The van der Waals surface area contributed by atoms with Gasteiger partial charge in [-0.25, -0.2) is 0 Å². The zero-order chi connectivity index (χ0) is 13.6. The second-order valence-corrected chi connectivity index (χ2v) is 3.58. The lowest BCUT2D eigenvalue weighted by Gasteiger charge is -2.15. The first kappa shape index (κ1) is 14.2. The fourth-order valence-corrected chi connectivity index (χ4v) is 1.66. The fraction of sp³-hybridized carbons (Fsp3) is 0.286. The molecule has 0 amide bonds. The summed E-state index contributed by atoms with van der Waals surface area (Å²) in [7, 11) is 0. The molecule has 1 aromatic heterocycles. The summed E-state index contributed by atoms with van der Waals surface area (Å²) >= 11 is 9.95. The Hall–Kier alpha value is -0.890. The van der Waals surface area contributed by atoms with Gasteiger partial charge in [-0.1, -0.05) is 23.2 Å². The van der Waals surface area contributed by atoms with Crippen LogP contribution in [0.4, 0.5) is 26.3 Å². The van der Waals surface area contributed by atoms with E-state index in [2.05, 4.69) is 0 Å². The number of aromatic nitrogens is 1. The Labute approximate surface area is 99.1 Å². The number of halogens is 8. The Morgan fingerprint density at radius 1 is 0.882 bits per heavy atom. The quantitative estimate of drug-likeness (QED) is 0.728. The van der Waals surface area contributed by atoms with Crippen LogP contribution in [0.3, 0.4) is 0 Å². The van der Waals surface area contributed by atoms with Gasteiger partial charge < -0.3 is 4.98 Å². The molecule has 96 valence electrons. The molecule has 0 aliphatic rings. The number of hydrogen-bond donors (Lipinski definition) is 1. The van der Waals surface area contributed by atoms with Crippen LogP contribution in [0, 0.1) is 0 Å². The molecule has 1 N–H and O–H groups in total. The lowest BCUT2D eigenvalue weighted by atomic mass is 10.2. The number of aromatic amines is 1. The zero-order valence-corrected chi connectivity index (χ0v) is 8.94. The molecule has 0 aromatic carbocycles. The minimum Gasteiger partial charge on any atom is -0.316 e. The first-order valence-electron chi connectivity index (χ1n) is 3.72. The van der Waals surface area contributed by atoms with Gasteiger partial charge in [-0.2, -0.15) is 26.3 Å². The van der Waals surface area contributed by atoms with E-state index in [1.807, 2.05) is 0 Å². The molecule has 1 heterocycles. The first-order chi connectivity index (χ1) is 7.46. The molecule has 2 nitrogen and oxygen atoms in total. The number of rotatable bonds is 0. The van der Waals surface area contributed by atoms with Crippen molar-refractivity contribution in [3.05, 3.63) is 31.7 Å². The van der Waals surface area contributed by atoms with E-state index < -0.39 is 39.2 Å². The summed E-state index contributed by atoms with van der Waals surface area (Å²) in [6.07, 6.45) is -10.5. The first-order valence-corrected chi connectivity index (χ1v) is 4.47. The van der Waals surface area contributed by atoms with E-state index in [9.17, 15) is 31.1 Å². The summed E-state index contributed by atoms with van der Waals surface area (Å²) in [6, 6.07) is 0. The highest BCUT2D eigenvalue weighted by Crippen LogP contribution is 2.42. The molecule has 0 saturated carbocycles. The van der Waals surface area contributed by atoms with Crippen molar-refractivity contribution in [1.29, 1.82) is 0 Å². The van der Waals surface area contributed by atoms with Gasteiger partial charge in [0, 0.05) is 0 Å². The highest BCUT2D eigenvalue weighted by atomic mass is 35.5. The molecule has 0 unspecified atom stereocenters. The smallest absolute Gasteiger partial charge is 0.316 e. The Morgan fingerprint density at radius 3 is 1.71 bits per heavy atom. The average molecular weight is 300 g/mol. The molecule has 0 fully saturated rings. The van der Waals surface area contributed by atoms with Crippen molar-refractivity contribution >= 4 is 23.2 Å². The van der Waals surface area contributed by atoms with E-state index in [-0.39, 0.29) is 0 Å². The Kier molecular flexibility index (Phi) is 3.41. The van der Waals surface area contributed by atoms with Crippen molar-refractivity contribution in [2.24, 2.45) is 0 Å². The Morgan fingerprint density at radius 2 is 1.35 bits per heavy atom. The molecule has 0 radical (unpaired) electrons. The number of H-pyrrole nitrogens is 1. The van der Waals surface area contributed by atoms with E-state index in [4.69, 9.17) is 23.2 Å². The van der Waals surface area contributed by atoms with Crippen LogP contribution in [-0.2, 0) is 12.4 Å². The van der Waals surface area contributed by atoms with Gasteiger partial charge in [0.25, 0.3) is 5.56 Å². The molecule has 17 heavy (non-hydrogen) atoms. The summed E-state index contributed by atoms with van der Waals surface area (Å²) in [6.45, 7) is 0. The van der Waals surface area contributed by atoms with Crippen LogP contribution in [-0.4, -0.2) is 4.98 Å². The van der Waals surface area contributed by atoms with Gasteiger partial charge in [0.1, 0.15) is 16.3 Å². The van der Waals surface area contributed by atoms with Crippen molar-refractivity contribution < 1.29 is 26.3 Å². The molecule has 1 rings (SSSR count). The highest BCUT2D eigenvalue weighted by Gasteiger charge is 2.43. The van der Waals surface area contributed by atoms with Crippen molar-refractivity contribution in [3.8, 4) is 0 Å². The number of nitrogens with one attached hydrogen (secondary N) is 1. The molecule has 0 spiro atoms. The minimum absolute atomic E-state index is 1.15. The van der Waals surface area contributed by atoms with Crippen molar-refractivity contribution in [3.63, 3.8) is 0 Å². The summed E-state index contributed by atoms with van der Waals surface area (Å²) in [4.78, 5) is 12.0. The zero-order valence-electron chi connectivity index (χ0n) is 7.43. The van der Waals surface area contributed by atoms with Gasteiger partial charge in [-0.15, -0.1) is 0 Å². The van der Waals surface area contributed by atoms with Gasteiger partial charge >= 0.3 is 12.4 Å². The maximum Gasteiger partial charge on any atom is 0.432 e. The van der Waals surface area contributed by atoms with Crippen molar-refractivity contribution in [2.45, 2.75) is 12.4 Å². The summed E-state index contributed by atoms with van der Waals surface area (Å²) in [5, 5.41) is -3.12. The van der Waals surface area contributed by atoms with Crippen LogP contribution in [0.1, 0.15) is 11.3 Å². The minimum atomic E-state index is -5.26. The third-order valence-electron chi connectivity index (χ3n) is 1.66. The summed E-state index contributed by atoms with van der Waals surface area (Å²) in [5.41, 5.74) is -5.70. The molecular weight excluding hydrogens is 299 g/mol. The molecular formula is C7HCl2F6NO. The number of pyridine rings is 1. The maximum atomic E-state index is 12.4. The van der Waals surface area contributed by atoms with Crippen LogP contribution in [0.5, 0.6) is 0 Å². The van der Waals surface area contributed by atoms with E-state index in [0.29, 0.717) is 0 Å². The SMILES string of the molecule is O=c1[nH]c(C(F)(F)F)c(Cl)c(C(F)(F)F)c1Cl. The number of hydrogen-bond acceptors (Lipinski definition) is 1. The van der Waals surface area contributed by atoms with E-state index in [1.54, 1.807) is 0 Å². The highest BCUT2D eigenvalue weighted by molar-refractivity contribution is 6.36. The van der Waals surface area contributed by atoms with Gasteiger partial charge in [0.05, 0.1) is 5.02 Å². The van der Waals surface area contributed by atoms with E-state index >= 15 is 0 Å². The standard InChI is InChI=1S/C7HCl2F6NO/c8-2-1(6(10,11)12)3(9)5(17)16-4(2)7(13,14)15/h(H,16,17). The van der Waals surface area contributed by atoms with Crippen molar-refractivity contribution in [2.75, 3.05) is 0 Å². The molecule has 0 saturated heterocycles. The lowest BCUT2D eigenvalue weighted by molar-refractivity contribution is -0.145. The molecule has 0 aliphatic heterocycles. The monoisotopic (exact) mass is 299 g/mol. The van der Waals surface area contributed by atoms with Gasteiger partial charge in [0.15, 0.2) is 0 Å². The Bertz CT molecular complexity index is 503. The van der Waals surface area contributed by atoms with Gasteiger partial charge in [0.2, 0.25) is 0 Å². The largest absolute Gasteiger partial charge is 0.432 e. The molecule has 0 atom stereocenters. The molecule has 0 bridgehead atoms. The van der Waals surface area contributed by atoms with E-state index in [1.165, 1.54) is 0 Å². The van der Waals surface area contributed by atoms with E-state index in [0.717, 1.165) is 4.98 Å². The van der Waals surface area contributed by atoms with Crippen molar-refractivity contribution in [1.82, 2.24) is 4.98 Å². The molecule has 10 heteroatoms. The topological polar surface area (TPSA) is 32.9 Å².